The zero-order valence-corrected chi connectivity index (χ0v) is 9.64. The van der Waals surface area contributed by atoms with E-state index in [1.54, 1.807) is 0 Å². The molecule has 11 heteroatoms. The minimum Gasteiger partial charge on any atom is -0.481 e. The maximum Gasteiger partial charge on any atom is 0.336 e. The van der Waals surface area contributed by atoms with Crippen molar-refractivity contribution < 1.29 is 49.8 Å². The molecule has 0 unspecified atom stereocenters. The van der Waals surface area contributed by atoms with Crippen molar-refractivity contribution in [3.63, 3.8) is 0 Å². The first kappa shape index (κ1) is 22.0. The van der Waals surface area contributed by atoms with Gasteiger partial charge in [0.1, 0.15) is 6.61 Å². The maximum atomic E-state index is 10.3. The van der Waals surface area contributed by atoms with E-state index in [2.05, 4.69) is 0 Å². The van der Waals surface area contributed by atoms with Crippen LogP contribution >= 0.6 is 0 Å². The summed E-state index contributed by atoms with van der Waals surface area (Å²) in [5.41, 5.74) is -2.74. The van der Waals surface area contributed by atoms with Gasteiger partial charge in [0.15, 0.2) is 5.60 Å². The first-order valence-corrected chi connectivity index (χ1v) is 4.27. The Bertz CT molecular complexity index is 322. The van der Waals surface area contributed by atoms with E-state index in [9.17, 15) is 14.4 Å². The Balaban J connectivity index is -0.000000366. The number of aliphatic carboxylic acids is 4. The summed E-state index contributed by atoms with van der Waals surface area (Å²) in [6.07, 6.45) is -2.29. The van der Waals surface area contributed by atoms with Crippen LogP contribution < -0.4 is 6.15 Å². The molecule has 0 aromatic rings. The van der Waals surface area contributed by atoms with Gasteiger partial charge in [-0.3, -0.25) is 9.59 Å². The maximum absolute atomic E-state index is 10.3. The smallest absolute Gasteiger partial charge is 0.336 e. The van der Waals surface area contributed by atoms with Crippen molar-refractivity contribution in [1.82, 2.24) is 6.15 Å². The van der Waals surface area contributed by atoms with Crippen LogP contribution in [0.25, 0.3) is 0 Å². The van der Waals surface area contributed by atoms with Crippen molar-refractivity contribution >= 4 is 23.9 Å². The van der Waals surface area contributed by atoms with Gasteiger partial charge in [0.05, 0.1) is 12.8 Å². The van der Waals surface area contributed by atoms with Crippen LogP contribution in [-0.2, 0) is 19.2 Å². The monoisotopic (exact) mass is 285 g/mol. The van der Waals surface area contributed by atoms with Crippen LogP contribution in [0.2, 0.25) is 0 Å². The molecule has 0 bridgehead atoms. The van der Waals surface area contributed by atoms with Crippen LogP contribution in [0.5, 0.6) is 0 Å². The molecule has 0 fully saturated rings. The van der Waals surface area contributed by atoms with E-state index >= 15 is 0 Å². The van der Waals surface area contributed by atoms with Gasteiger partial charge in [-0.15, -0.1) is 0 Å². The lowest BCUT2D eigenvalue weighted by Gasteiger charge is -2.18. The predicted molar refractivity (Wildman–Crippen MR) is 56.8 cm³/mol. The Kier molecular flexibility index (Phi) is 11.3. The second-order valence-corrected chi connectivity index (χ2v) is 3.03. The Morgan fingerprint density at radius 3 is 1.16 bits per heavy atom. The van der Waals surface area contributed by atoms with Crippen LogP contribution in [0.4, 0.5) is 0 Å². The highest BCUT2D eigenvalue weighted by atomic mass is 16.4. The molecule has 0 aliphatic carbocycles. The summed E-state index contributed by atoms with van der Waals surface area (Å²) in [4.78, 5) is 39.6. The summed E-state index contributed by atoms with van der Waals surface area (Å²) in [6.45, 7) is -0.778. The quantitative estimate of drug-likeness (QED) is 0.281. The molecule has 9 N–H and O–H groups in total. The lowest BCUT2D eigenvalue weighted by Crippen LogP contribution is -2.42. The van der Waals surface area contributed by atoms with E-state index < -0.39 is 48.9 Å². The first-order valence-electron chi connectivity index (χ1n) is 4.27. The van der Waals surface area contributed by atoms with Gasteiger partial charge < -0.3 is 36.8 Å². The molecule has 0 spiro atoms. The fourth-order valence-electron chi connectivity index (χ4n) is 0.714. The van der Waals surface area contributed by atoms with Gasteiger partial charge in [0.2, 0.25) is 0 Å². The number of carboxylic acids is 4. The molecule has 0 heterocycles. The molecular formula is C8H15NO10. The van der Waals surface area contributed by atoms with Crippen LogP contribution in [0.3, 0.4) is 0 Å². The number of carboxylic acid groups (broad SMARTS) is 4. The molecule has 112 valence electrons. The van der Waals surface area contributed by atoms with Gasteiger partial charge in [-0.2, -0.15) is 0 Å². The second kappa shape index (κ2) is 9.76. The third kappa shape index (κ3) is 12.0. The molecule has 0 rings (SSSR count). The zero-order valence-electron chi connectivity index (χ0n) is 9.64. The van der Waals surface area contributed by atoms with Crippen molar-refractivity contribution in [3.8, 4) is 0 Å². The number of rotatable bonds is 6. The summed E-state index contributed by atoms with van der Waals surface area (Å²) in [5.74, 6) is -6.21. The SMILES string of the molecule is N.O=C(O)CC(O)(CC(=O)O)C(=O)O.O=C(O)CO. The molecule has 0 aliphatic heterocycles. The fraction of sp³-hybridized carbons (Fsp3) is 0.500. The molecule has 0 amide bonds. The summed E-state index contributed by atoms with van der Waals surface area (Å²) in [7, 11) is 0. The van der Waals surface area contributed by atoms with Gasteiger partial charge in [-0.25, -0.2) is 9.59 Å². The summed E-state index contributed by atoms with van der Waals surface area (Å²) in [5, 5.41) is 48.8. The van der Waals surface area contributed by atoms with Gasteiger partial charge >= 0.3 is 23.9 Å². The standard InChI is InChI=1S/C6H8O7.C2H4O3.H3N/c7-3(8)1-6(13,5(11)12)2-4(9)10;3-1-2(4)5;/h13H,1-2H2,(H,7,8)(H,9,10)(H,11,12);3H,1H2,(H,4,5);1H3. The van der Waals surface area contributed by atoms with E-state index in [4.69, 9.17) is 35.4 Å². The largest absolute Gasteiger partial charge is 0.481 e. The number of aliphatic hydroxyl groups is 2. The normalized spacial score (nSPS) is 9.37. The van der Waals surface area contributed by atoms with E-state index in [0.29, 0.717) is 0 Å². The Morgan fingerprint density at radius 2 is 1.05 bits per heavy atom. The van der Waals surface area contributed by atoms with Crippen molar-refractivity contribution in [3.05, 3.63) is 0 Å². The summed E-state index contributed by atoms with van der Waals surface area (Å²) < 4.78 is 0. The Hall–Kier alpha value is -2.24. The van der Waals surface area contributed by atoms with Crippen LogP contribution in [-0.4, -0.2) is 66.7 Å². The summed E-state index contributed by atoms with van der Waals surface area (Å²) >= 11 is 0. The van der Waals surface area contributed by atoms with E-state index in [1.807, 2.05) is 0 Å². The molecule has 19 heavy (non-hydrogen) atoms. The first-order chi connectivity index (χ1) is 8.05. The number of aliphatic hydroxyl groups excluding tert-OH is 1. The van der Waals surface area contributed by atoms with Crippen molar-refractivity contribution in [2.45, 2.75) is 18.4 Å². The van der Waals surface area contributed by atoms with Gasteiger partial charge in [-0.1, -0.05) is 0 Å². The molecular weight excluding hydrogens is 270 g/mol. The van der Waals surface area contributed by atoms with Crippen LogP contribution in [0.1, 0.15) is 12.8 Å². The molecule has 0 aromatic heterocycles. The third-order valence-electron chi connectivity index (χ3n) is 1.42. The van der Waals surface area contributed by atoms with Crippen molar-refractivity contribution in [2.75, 3.05) is 6.61 Å². The van der Waals surface area contributed by atoms with Gasteiger partial charge in [0.25, 0.3) is 0 Å². The lowest BCUT2D eigenvalue weighted by atomic mass is 9.96. The van der Waals surface area contributed by atoms with Crippen molar-refractivity contribution in [2.24, 2.45) is 0 Å². The number of hydrogen-bond acceptors (Lipinski definition) is 7. The topological polar surface area (TPSA) is 225 Å². The van der Waals surface area contributed by atoms with E-state index in [0.717, 1.165) is 0 Å². The molecule has 0 saturated heterocycles. The Morgan fingerprint density at radius 1 is 0.789 bits per heavy atom. The Labute approximate surface area is 106 Å². The average molecular weight is 285 g/mol. The molecule has 0 aliphatic rings. The number of carbonyl (C=O) groups is 4. The number of hydrogen-bond donors (Lipinski definition) is 7. The lowest BCUT2D eigenvalue weighted by molar-refractivity contribution is -0.170. The van der Waals surface area contributed by atoms with Crippen LogP contribution in [0, 0.1) is 0 Å². The van der Waals surface area contributed by atoms with E-state index in [1.165, 1.54) is 0 Å². The molecule has 0 atom stereocenters. The highest BCUT2D eigenvalue weighted by molar-refractivity contribution is 5.88. The average Bonchev–Trinajstić information content (AvgIpc) is 2.15. The highest BCUT2D eigenvalue weighted by Crippen LogP contribution is 2.15. The minimum atomic E-state index is -2.74. The summed E-state index contributed by atoms with van der Waals surface area (Å²) in [6, 6.07) is 0. The molecule has 0 radical (unpaired) electrons. The fourth-order valence-corrected chi connectivity index (χ4v) is 0.714. The van der Waals surface area contributed by atoms with Gasteiger partial charge in [0, 0.05) is 0 Å². The minimum absolute atomic E-state index is 0. The second-order valence-electron chi connectivity index (χ2n) is 3.03. The van der Waals surface area contributed by atoms with Crippen molar-refractivity contribution in [1.29, 1.82) is 0 Å². The predicted octanol–water partition coefficient (Wildman–Crippen LogP) is -2.02. The third-order valence-corrected chi connectivity index (χ3v) is 1.42. The highest BCUT2D eigenvalue weighted by Gasteiger charge is 2.40. The molecule has 11 nitrogen and oxygen atoms in total. The molecule has 0 saturated carbocycles. The van der Waals surface area contributed by atoms with Gasteiger partial charge in [-0.05, 0) is 0 Å². The zero-order chi connectivity index (χ0) is 14.9. The molecule has 0 aromatic carbocycles. The van der Waals surface area contributed by atoms with E-state index in [-0.39, 0.29) is 6.15 Å². The van der Waals surface area contributed by atoms with Crippen LogP contribution in [0.15, 0.2) is 0 Å².